The monoisotopic (exact) mass is 554 g/mol. The minimum Gasteiger partial charge on any atom is -0.507 e. The number of hydrogen-bond donors (Lipinski definition) is 2. The molecule has 39 heavy (non-hydrogen) atoms. The summed E-state index contributed by atoms with van der Waals surface area (Å²) in [7, 11) is -0.152. The first kappa shape index (κ1) is 27.1. The number of sulfonamides is 1. The summed E-state index contributed by atoms with van der Waals surface area (Å²) in [6, 6.07) is 9.74. The Balaban J connectivity index is 1.58. The van der Waals surface area contributed by atoms with Crippen molar-refractivity contribution in [1.29, 1.82) is 0 Å². The van der Waals surface area contributed by atoms with Crippen LogP contribution in [0.2, 0.25) is 0 Å². The Morgan fingerprint density at radius 2 is 1.74 bits per heavy atom. The molecule has 1 saturated carbocycles. The molecule has 2 heterocycles. The van der Waals surface area contributed by atoms with E-state index in [0.29, 0.717) is 43.2 Å². The van der Waals surface area contributed by atoms with Gasteiger partial charge in [-0.05, 0) is 61.7 Å². The van der Waals surface area contributed by atoms with Crippen LogP contribution in [-0.4, -0.2) is 89.8 Å². The minimum absolute atomic E-state index is 0.0490. The normalized spacial score (nSPS) is 16.9. The predicted octanol–water partition coefficient (Wildman–Crippen LogP) is 2.60. The summed E-state index contributed by atoms with van der Waals surface area (Å²) in [6.45, 7) is 6.22. The number of amides is 1. The Morgan fingerprint density at radius 1 is 1.08 bits per heavy atom. The molecule has 1 aromatic heterocycles. The zero-order valence-corrected chi connectivity index (χ0v) is 23.4. The number of piperazine rings is 1. The van der Waals surface area contributed by atoms with Crippen molar-refractivity contribution in [2.45, 2.75) is 43.5 Å². The summed E-state index contributed by atoms with van der Waals surface area (Å²) in [4.78, 5) is 15.4. The molecule has 0 spiro atoms. The summed E-state index contributed by atoms with van der Waals surface area (Å²) in [5.74, 6) is 0.478. The molecule has 0 unspecified atom stereocenters. The SMILES string of the molecule is COc1cc(O)c(-c2nnc(C(=O)NC3CC3)n2-c2ccc(S(=O)(=O)N3CCN(C)CC3)cc2)cc1C(C)C. The number of aromatic nitrogens is 3. The molecular formula is C27H34N6O5S. The summed E-state index contributed by atoms with van der Waals surface area (Å²) in [5, 5.41) is 22.3. The van der Waals surface area contributed by atoms with Gasteiger partial charge in [0.25, 0.3) is 5.91 Å². The van der Waals surface area contributed by atoms with E-state index in [1.165, 1.54) is 22.5 Å². The molecule has 0 radical (unpaired) electrons. The van der Waals surface area contributed by atoms with Crippen LogP contribution in [-0.2, 0) is 10.0 Å². The smallest absolute Gasteiger partial charge is 0.289 e. The molecule has 1 aliphatic heterocycles. The maximum atomic E-state index is 13.3. The van der Waals surface area contributed by atoms with Crippen molar-refractivity contribution in [2.24, 2.45) is 0 Å². The van der Waals surface area contributed by atoms with Gasteiger partial charge in [0.2, 0.25) is 15.8 Å². The van der Waals surface area contributed by atoms with Crippen molar-refractivity contribution in [2.75, 3.05) is 40.3 Å². The topological polar surface area (TPSA) is 130 Å². The molecule has 5 rings (SSSR count). The van der Waals surface area contributed by atoms with Crippen LogP contribution < -0.4 is 10.1 Å². The van der Waals surface area contributed by atoms with E-state index >= 15 is 0 Å². The number of benzene rings is 2. The van der Waals surface area contributed by atoms with Crippen molar-refractivity contribution >= 4 is 15.9 Å². The van der Waals surface area contributed by atoms with Crippen LogP contribution in [0.3, 0.4) is 0 Å². The maximum absolute atomic E-state index is 13.3. The van der Waals surface area contributed by atoms with Gasteiger partial charge in [-0.1, -0.05) is 13.8 Å². The average molecular weight is 555 g/mol. The quantitative estimate of drug-likeness (QED) is 0.435. The van der Waals surface area contributed by atoms with E-state index in [4.69, 9.17) is 4.74 Å². The molecular weight excluding hydrogens is 520 g/mol. The van der Waals surface area contributed by atoms with Crippen LogP contribution in [0.1, 0.15) is 48.8 Å². The Kier molecular flexibility index (Phi) is 7.36. The third-order valence-electron chi connectivity index (χ3n) is 7.18. The lowest BCUT2D eigenvalue weighted by Gasteiger charge is -2.31. The summed E-state index contributed by atoms with van der Waals surface area (Å²) < 4.78 is 35.0. The second-order valence-corrected chi connectivity index (χ2v) is 12.3. The highest BCUT2D eigenvalue weighted by Crippen LogP contribution is 2.39. The first-order valence-electron chi connectivity index (χ1n) is 13.1. The number of hydrogen-bond acceptors (Lipinski definition) is 8. The fraction of sp³-hybridized carbons (Fsp3) is 0.444. The molecule has 1 aliphatic carbocycles. The van der Waals surface area contributed by atoms with Gasteiger partial charge in [-0.2, -0.15) is 4.31 Å². The number of ether oxygens (including phenoxy) is 1. The lowest BCUT2D eigenvalue weighted by Crippen LogP contribution is -2.46. The fourth-order valence-electron chi connectivity index (χ4n) is 4.67. The van der Waals surface area contributed by atoms with E-state index in [1.807, 2.05) is 20.9 Å². The number of nitrogens with one attached hydrogen (secondary N) is 1. The Bertz CT molecular complexity index is 1470. The zero-order valence-electron chi connectivity index (χ0n) is 22.6. The number of aromatic hydroxyl groups is 1. The predicted molar refractivity (Wildman–Crippen MR) is 146 cm³/mol. The number of carbonyl (C=O) groups is 1. The minimum atomic E-state index is -3.66. The van der Waals surface area contributed by atoms with Gasteiger partial charge in [-0.25, -0.2) is 8.42 Å². The molecule has 1 saturated heterocycles. The van der Waals surface area contributed by atoms with E-state index < -0.39 is 10.0 Å². The van der Waals surface area contributed by atoms with Crippen molar-refractivity contribution in [1.82, 2.24) is 29.3 Å². The van der Waals surface area contributed by atoms with Crippen molar-refractivity contribution in [3.63, 3.8) is 0 Å². The molecule has 2 fully saturated rings. The van der Waals surface area contributed by atoms with Gasteiger partial charge < -0.3 is 20.1 Å². The highest BCUT2D eigenvalue weighted by atomic mass is 32.2. The number of carbonyl (C=O) groups excluding carboxylic acids is 1. The van der Waals surface area contributed by atoms with Gasteiger partial charge in [-0.15, -0.1) is 10.2 Å². The zero-order chi connectivity index (χ0) is 27.9. The van der Waals surface area contributed by atoms with Crippen LogP contribution in [0, 0.1) is 0 Å². The second-order valence-electron chi connectivity index (χ2n) is 10.4. The molecule has 1 amide bonds. The van der Waals surface area contributed by atoms with Gasteiger partial charge >= 0.3 is 0 Å². The Morgan fingerprint density at radius 3 is 2.33 bits per heavy atom. The lowest BCUT2D eigenvalue weighted by atomic mass is 9.98. The van der Waals surface area contributed by atoms with Gasteiger partial charge in [0, 0.05) is 44.0 Å². The fourth-order valence-corrected chi connectivity index (χ4v) is 6.09. The number of nitrogens with zero attached hydrogens (tertiary/aromatic N) is 5. The van der Waals surface area contributed by atoms with E-state index in [2.05, 4.69) is 20.4 Å². The standard InChI is InChI=1S/C27H34N6O5S/c1-17(2)21-15-22(23(34)16-24(21)38-4)25-29-30-26(27(35)28-18-5-6-18)33(25)19-7-9-20(10-8-19)39(36,37)32-13-11-31(3)12-14-32/h7-10,15-18,34H,5-6,11-14H2,1-4H3,(H,28,35). The second kappa shape index (κ2) is 10.6. The molecule has 2 aliphatic rings. The van der Waals surface area contributed by atoms with Crippen LogP contribution in [0.15, 0.2) is 41.3 Å². The van der Waals surface area contributed by atoms with Gasteiger partial charge in [0.1, 0.15) is 11.5 Å². The molecule has 2 N–H and O–H groups in total. The average Bonchev–Trinajstić information content (AvgIpc) is 3.62. The molecule has 0 bridgehead atoms. The summed E-state index contributed by atoms with van der Waals surface area (Å²) in [5.41, 5.74) is 1.73. The highest BCUT2D eigenvalue weighted by Gasteiger charge is 2.30. The van der Waals surface area contributed by atoms with E-state index in [1.54, 1.807) is 29.9 Å². The lowest BCUT2D eigenvalue weighted by molar-refractivity contribution is 0.0938. The van der Waals surface area contributed by atoms with Crippen LogP contribution in [0.4, 0.5) is 0 Å². The van der Waals surface area contributed by atoms with E-state index in [9.17, 15) is 18.3 Å². The van der Waals surface area contributed by atoms with Crippen LogP contribution in [0.5, 0.6) is 11.5 Å². The van der Waals surface area contributed by atoms with E-state index in [-0.39, 0.29) is 40.2 Å². The first-order chi connectivity index (χ1) is 18.6. The van der Waals surface area contributed by atoms with Gasteiger partial charge in [0.15, 0.2) is 5.82 Å². The van der Waals surface area contributed by atoms with Crippen molar-refractivity contribution in [3.05, 3.63) is 47.8 Å². The molecule has 11 nitrogen and oxygen atoms in total. The number of phenolic OH excluding ortho intramolecular Hbond substituents is 1. The molecule has 3 aromatic rings. The van der Waals surface area contributed by atoms with Gasteiger partial charge in [0.05, 0.1) is 17.6 Å². The third-order valence-corrected chi connectivity index (χ3v) is 9.10. The van der Waals surface area contributed by atoms with Gasteiger partial charge in [-0.3, -0.25) is 9.36 Å². The van der Waals surface area contributed by atoms with E-state index in [0.717, 1.165) is 18.4 Å². The molecule has 208 valence electrons. The first-order valence-corrected chi connectivity index (χ1v) is 14.5. The summed E-state index contributed by atoms with van der Waals surface area (Å²) in [6.07, 6.45) is 1.81. The maximum Gasteiger partial charge on any atom is 0.289 e. The number of phenols is 1. The molecule has 0 atom stereocenters. The van der Waals surface area contributed by atoms with Crippen molar-refractivity contribution < 1.29 is 23.1 Å². The van der Waals surface area contributed by atoms with Crippen LogP contribution in [0.25, 0.3) is 17.1 Å². The number of rotatable bonds is 8. The Labute approximate surface area is 228 Å². The number of likely N-dealkylation sites (N-methyl/N-ethyl adjacent to an activating group) is 1. The Hall–Kier alpha value is -3.48. The van der Waals surface area contributed by atoms with Crippen LogP contribution >= 0.6 is 0 Å². The molecule has 12 heteroatoms. The molecule has 2 aromatic carbocycles. The van der Waals surface area contributed by atoms with Crippen molar-refractivity contribution in [3.8, 4) is 28.6 Å². The summed E-state index contributed by atoms with van der Waals surface area (Å²) >= 11 is 0. The third kappa shape index (κ3) is 5.36. The largest absolute Gasteiger partial charge is 0.507 e. The highest BCUT2D eigenvalue weighted by molar-refractivity contribution is 7.89. The number of methoxy groups -OCH3 is 1.